The van der Waals surface area contributed by atoms with Gasteiger partial charge in [-0.05, 0) is 64.2 Å². The zero-order chi connectivity index (χ0) is 41.5. The maximum Gasteiger partial charge on any atom is 0.306 e. The topological polar surface area (TPSA) is 78.9 Å². The van der Waals surface area contributed by atoms with Crippen LogP contribution in [0, 0.1) is 0 Å². The molecule has 0 aliphatic rings. The second-order valence-corrected chi connectivity index (χ2v) is 13.4. The van der Waals surface area contributed by atoms with E-state index in [4.69, 9.17) is 14.2 Å². The van der Waals surface area contributed by atoms with Gasteiger partial charge in [0, 0.05) is 19.3 Å². The molecule has 57 heavy (non-hydrogen) atoms. The van der Waals surface area contributed by atoms with Crippen molar-refractivity contribution in [2.45, 2.75) is 142 Å². The molecule has 1 unspecified atom stereocenters. The minimum absolute atomic E-state index is 0.167. The lowest BCUT2D eigenvalue weighted by molar-refractivity contribution is -0.166. The quantitative estimate of drug-likeness (QED) is 0.0209. The van der Waals surface area contributed by atoms with Crippen LogP contribution in [0.1, 0.15) is 136 Å². The molecule has 0 N–H and O–H groups in total. The van der Waals surface area contributed by atoms with Crippen molar-refractivity contribution in [3.8, 4) is 0 Å². The number of carbonyl (C=O) groups excluding carboxylic acids is 3. The molecule has 0 radical (unpaired) electrons. The molecule has 6 heteroatoms. The average Bonchev–Trinajstić information content (AvgIpc) is 3.21. The van der Waals surface area contributed by atoms with Crippen LogP contribution in [0.5, 0.6) is 0 Å². The van der Waals surface area contributed by atoms with Crippen LogP contribution in [0.15, 0.2) is 146 Å². The molecule has 0 fully saturated rings. The Morgan fingerprint density at radius 3 is 1.30 bits per heavy atom. The SMILES string of the molecule is CC\C=C/C=C\C=C/C=C\C=C/CCCC(=O)OCC(COC(=O)CC/C=C\C/C=C\CCCCCCCC)OC(=O)CCC\C=C/C=C\C=C/C=C\C=C/CC. The summed E-state index contributed by atoms with van der Waals surface area (Å²) in [5.41, 5.74) is 0. The van der Waals surface area contributed by atoms with Gasteiger partial charge in [0.2, 0.25) is 0 Å². The molecule has 0 aliphatic carbocycles. The van der Waals surface area contributed by atoms with Gasteiger partial charge < -0.3 is 14.2 Å². The van der Waals surface area contributed by atoms with Gasteiger partial charge in [-0.3, -0.25) is 14.4 Å². The van der Waals surface area contributed by atoms with Crippen LogP contribution in [-0.2, 0) is 28.6 Å². The zero-order valence-corrected chi connectivity index (χ0v) is 35.5. The maximum atomic E-state index is 12.7. The summed E-state index contributed by atoms with van der Waals surface area (Å²) >= 11 is 0. The summed E-state index contributed by atoms with van der Waals surface area (Å²) in [5.74, 6) is -1.20. The van der Waals surface area contributed by atoms with Crippen molar-refractivity contribution in [3.05, 3.63) is 146 Å². The summed E-state index contributed by atoms with van der Waals surface area (Å²) in [4.78, 5) is 37.6. The normalized spacial score (nSPS) is 13.5. The molecule has 0 aromatic rings. The van der Waals surface area contributed by atoms with E-state index in [2.05, 4.69) is 51.2 Å². The number of unbranched alkanes of at least 4 members (excludes halogenated alkanes) is 8. The van der Waals surface area contributed by atoms with Crippen LogP contribution in [-0.4, -0.2) is 37.2 Å². The summed E-state index contributed by atoms with van der Waals surface area (Å²) in [7, 11) is 0. The minimum Gasteiger partial charge on any atom is -0.462 e. The summed E-state index contributed by atoms with van der Waals surface area (Å²) in [6.45, 7) is 6.10. The van der Waals surface area contributed by atoms with Gasteiger partial charge in [-0.15, -0.1) is 0 Å². The number of hydrogen-bond acceptors (Lipinski definition) is 6. The molecule has 314 valence electrons. The van der Waals surface area contributed by atoms with Crippen LogP contribution in [0.2, 0.25) is 0 Å². The lowest BCUT2D eigenvalue weighted by Gasteiger charge is -2.18. The molecule has 0 heterocycles. The fourth-order valence-electron chi connectivity index (χ4n) is 4.90. The largest absolute Gasteiger partial charge is 0.462 e. The molecule has 0 amide bonds. The van der Waals surface area contributed by atoms with E-state index in [0.717, 1.165) is 32.1 Å². The third-order valence-electron chi connectivity index (χ3n) is 8.08. The molecule has 0 bridgehead atoms. The number of ether oxygens (including phenoxy) is 3. The smallest absolute Gasteiger partial charge is 0.306 e. The van der Waals surface area contributed by atoms with Crippen molar-refractivity contribution < 1.29 is 28.6 Å². The molecular formula is C51H74O6. The van der Waals surface area contributed by atoms with E-state index in [1.54, 1.807) is 0 Å². The molecule has 0 spiro atoms. The maximum absolute atomic E-state index is 12.7. The van der Waals surface area contributed by atoms with Crippen LogP contribution in [0.3, 0.4) is 0 Å². The molecule has 0 aromatic carbocycles. The molecule has 0 saturated carbocycles. The van der Waals surface area contributed by atoms with E-state index < -0.39 is 12.1 Å². The first-order chi connectivity index (χ1) is 28.0. The Labute approximate surface area is 347 Å². The Morgan fingerprint density at radius 2 is 0.789 bits per heavy atom. The average molecular weight is 783 g/mol. The van der Waals surface area contributed by atoms with Crippen LogP contribution in [0.25, 0.3) is 0 Å². The van der Waals surface area contributed by atoms with Crippen molar-refractivity contribution in [3.63, 3.8) is 0 Å². The number of rotatable bonds is 35. The molecule has 0 aliphatic heterocycles. The fraction of sp³-hybridized carbons (Fsp3) is 0.471. The number of esters is 3. The van der Waals surface area contributed by atoms with Gasteiger partial charge in [-0.2, -0.15) is 0 Å². The minimum atomic E-state index is -0.870. The molecule has 0 aromatic heterocycles. The number of hydrogen-bond donors (Lipinski definition) is 0. The Bertz CT molecular complexity index is 1360. The number of carbonyl (C=O) groups is 3. The van der Waals surface area contributed by atoms with Gasteiger partial charge in [-0.1, -0.05) is 199 Å². The van der Waals surface area contributed by atoms with Crippen LogP contribution >= 0.6 is 0 Å². The standard InChI is InChI=1S/C51H74O6/c1-4-7-10-13-16-19-22-25-28-31-34-37-40-43-49(52)55-46-48(57-51(54)45-42-39-36-33-30-27-24-21-18-15-12-9-6-3)47-56-50(53)44-41-38-35-32-29-26-23-20-17-14-11-8-5-2/h7,9-10,12-13,15-16,18-19,21-22,24-31,33-36,38,48H,4-6,8,11,14,17,20,23,32,37,39-47H2,1-3H3/b10-7-,12-9-,16-13-,18-15-,22-19-,24-21-,28-25-,29-26-,30-27-,34-31-,36-33-,38-35-. The Morgan fingerprint density at radius 1 is 0.386 bits per heavy atom. The highest BCUT2D eigenvalue weighted by molar-refractivity contribution is 5.71. The second-order valence-electron chi connectivity index (χ2n) is 13.4. The molecule has 0 rings (SSSR count). The predicted molar refractivity (Wildman–Crippen MR) is 242 cm³/mol. The fourth-order valence-corrected chi connectivity index (χ4v) is 4.90. The second kappa shape index (κ2) is 44.0. The molecular weight excluding hydrogens is 709 g/mol. The van der Waals surface area contributed by atoms with E-state index in [-0.39, 0.29) is 44.4 Å². The number of allylic oxidation sites excluding steroid dienone is 24. The van der Waals surface area contributed by atoms with Gasteiger partial charge in [0.1, 0.15) is 13.2 Å². The highest BCUT2D eigenvalue weighted by Crippen LogP contribution is 2.09. The van der Waals surface area contributed by atoms with Crippen molar-refractivity contribution in [2.24, 2.45) is 0 Å². The first kappa shape index (κ1) is 52.3. The first-order valence-corrected chi connectivity index (χ1v) is 21.5. The summed E-state index contributed by atoms with van der Waals surface area (Å²) in [5, 5.41) is 0. The van der Waals surface area contributed by atoms with E-state index in [9.17, 15) is 14.4 Å². The van der Waals surface area contributed by atoms with Crippen molar-refractivity contribution in [1.29, 1.82) is 0 Å². The molecule has 1 atom stereocenters. The van der Waals surface area contributed by atoms with Gasteiger partial charge >= 0.3 is 17.9 Å². The summed E-state index contributed by atoms with van der Waals surface area (Å²) in [6, 6.07) is 0. The third kappa shape index (κ3) is 42.3. The van der Waals surface area contributed by atoms with Crippen molar-refractivity contribution in [1.82, 2.24) is 0 Å². The van der Waals surface area contributed by atoms with Gasteiger partial charge in [0.05, 0.1) is 0 Å². The van der Waals surface area contributed by atoms with Crippen LogP contribution in [0.4, 0.5) is 0 Å². The van der Waals surface area contributed by atoms with E-state index >= 15 is 0 Å². The first-order valence-electron chi connectivity index (χ1n) is 21.5. The molecule has 0 saturated heterocycles. The summed E-state index contributed by atoms with van der Waals surface area (Å²) < 4.78 is 16.5. The Balaban J connectivity index is 4.74. The lowest BCUT2D eigenvalue weighted by Crippen LogP contribution is -2.30. The van der Waals surface area contributed by atoms with Gasteiger partial charge in [0.25, 0.3) is 0 Å². The van der Waals surface area contributed by atoms with Gasteiger partial charge in [-0.25, -0.2) is 0 Å². The lowest BCUT2D eigenvalue weighted by atomic mass is 10.1. The van der Waals surface area contributed by atoms with E-state index in [0.29, 0.717) is 25.7 Å². The van der Waals surface area contributed by atoms with Gasteiger partial charge in [0.15, 0.2) is 6.10 Å². The van der Waals surface area contributed by atoms with E-state index in [1.807, 2.05) is 115 Å². The van der Waals surface area contributed by atoms with E-state index in [1.165, 1.54) is 38.5 Å². The monoisotopic (exact) mass is 783 g/mol. The highest BCUT2D eigenvalue weighted by Gasteiger charge is 2.19. The zero-order valence-electron chi connectivity index (χ0n) is 35.5. The Kier molecular flexibility index (Phi) is 40.4. The van der Waals surface area contributed by atoms with Crippen LogP contribution < -0.4 is 0 Å². The third-order valence-corrected chi connectivity index (χ3v) is 8.08. The summed E-state index contributed by atoms with van der Waals surface area (Å²) in [6.07, 6.45) is 62.9. The van der Waals surface area contributed by atoms with Crippen molar-refractivity contribution in [2.75, 3.05) is 13.2 Å². The Hall–Kier alpha value is -4.71. The molecule has 6 nitrogen and oxygen atoms in total. The van der Waals surface area contributed by atoms with Crippen molar-refractivity contribution >= 4 is 17.9 Å². The predicted octanol–water partition coefficient (Wildman–Crippen LogP) is 13.7. The highest BCUT2D eigenvalue weighted by atomic mass is 16.6.